The molecule has 0 unspecified atom stereocenters. The maximum Gasteiger partial charge on any atom is 0.122 e. The predicted molar refractivity (Wildman–Crippen MR) is 153 cm³/mol. The first-order chi connectivity index (χ1) is 18.5. The van der Waals surface area contributed by atoms with E-state index in [1.165, 1.54) is 39.0 Å². The molecule has 0 fully saturated rings. The Morgan fingerprint density at radius 1 is 0.895 bits per heavy atom. The molecule has 6 rings (SSSR count). The van der Waals surface area contributed by atoms with Gasteiger partial charge in [-0.2, -0.15) is 0 Å². The molecule has 3 heterocycles. The minimum atomic E-state index is 0.661. The second kappa shape index (κ2) is 10.3. The monoisotopic (exact) mass is 500 g/mol. The number of aromatic amines is 1. The van der Waals surface area contributed by atoms with Crippen molar-refractivity contribution in [1.82, 2.24) is 19.9 Å². The number of imidazole rings is 1. The molecule has 5 aromatic rings. The van der Waals surface area contributed by atoms with Gasteiger partial charge < -0.3 is 9.72 Å². The average molecular weight is 501 g/mol. The van der Waals surface area contributed by atoms with E-state index in [-0.39, 0.29) is 0 Å². The van der Waals surface area contributed by atoms with Gasteiger partial charge in [0.15, 0.2) is 0 Å². The van der Waals surface area contributed by atoms with E-state index in [1.54, 1.807) is 6.33 Å². The van der Waals surface area contributed by atoms with Gasteiger partial charge in [0, 0.05) is 25.0 Å². The third-order valence-corrected chi connectivity index (χ3v) is 7.56. The Bertz CT molecular complexity index is 1660. The highest BCUT2D eigenvalue weighted by Crippen LogP contribution is 2.31. The van der Waals surface area contributed by atoms with Crippen LogP contribution in [-0.2, 0) is 19.3 Å². The first-order valence-corrected chi connectivity index (χ1v) is 13.3. The van der Waals surface area contributed by atoms with E-state index in [9.17, 15) is 0 Å². The number of ether oxygens (including phenoxy) is 1. The fourth-order valence-corrected chi connectivity index (χ4v) is 5.33. The number of allylic oxidation sites excluding steroid dienone is 1. The number of H-pyrrole nitrogens is 1. The van der Waals surface area contributed by atoms with Crippen molar-refractivity contribution >= 4 is 11.0 Å². The summed E-state index contributed by atoms with van der Waals surface area (Å²) in [5, 5.41) is 0. The summed E-state index contributed by atoms with van der Waals surface area (Å²) >= 11 is 0. The summed E-state index contributed by atoms with van der Waals surface area (Å²) in [7, 11) is 0. The number of fused-ring (bicyclic) bond motifs is 2. The second-order valence-corrected chi connectivity index (χ2v) is 10.2. The molecule has 0 atom stereocenters. The molecule has 0 radical (unpaired) electrons. The number of hydrogen-bond acceptors (Lipinski definition) is 4. The van der Waals surface area contributed by atoms with Gasteiger partial charge in [0.1, 0.15) is 17.9 Å². The van der Waals surface area contributed by atoms with E-state index in [1.807, 2.05) is 6.92 Å². The zero-order valence-corrected chi connectivity index (χ0v) is 22.2. The van der Waals surface area contributed by atoms with Crippen molar-refractivity contribution < 1.29 is 4.74 Å². The average Bonchev–Trinajstić information content (AvgIpc) is 3.28. The molecule has 1 aliphatic heterocycles. The van der Waals surface area contributed by atoms with Crippen molar-refractivity contribution in [3.8, 4) is 16.9 Å². The van der Waals surface area contributed by atoms with Gasteiger partial charge >= 0.3 is 0 Å². The topological polar surface area (TPSA) is 63.7 Å². The van der Waals surface area contributed by atoms with Gasteiger partial charge in [-0.1, -0.05) is 48.0 Å². The van der Waals surface area contributed by atoms with E-state index in [0.717, 1.165) is 59.7 Å². The Morgan fingerprint density at radius 2 is 1.74 bits per heavy atom. The molecular weight excluding hydrogens is 468 g/mol. The lowest BCUT2D eigenvalue weighted by Crippen LogP contribution is -2.10. The number of hydrogen-bond donors (Lipinski definition) is 1. The first kappa shape index (κ1) is 24.1. The van der Waals surface area contributed by atoms with Crippen molar-refractivity contribution in [1.29, 1.82) is 0 Å². The maximum absolute atomic E-state index is 6.24. The standard InChI is InChI=1S/C33H32N4O/c1-21-6-4-5-7-25(21)18-29-22(2)34-20-35-31(29)16-24-8-9-28-17-26(11-13-33(28)38-15-14-24)27-10-12-30-32(19-27)37-23(3)36-30/h4-8,10-13,17,19-20H,9,14-16,18H2,1-3H3,(H,36,37)/b24-8+. The summed E-state index contributed by atoms with van der Waals surface area (Å²) in [6, 6.07) is 21.5. The Labute approximate surface area is 223 Å². The van der Waals surface area contributed by atoms with Gasteiger partial charge in [0.25, 0.3) is 0 Å². The van der Waals surface area contributed by atoms with Crippen molar-refractivity contribution in [3.05, 3.63) is 118 Å². The Kier molecular flexibility index (Phi) is 6.50. The lowest BCUT2D eigenvalue weighted by atomic mass is 9.94. The summed E-state index contributed by atoms with van der Waals surface area (Å²) in [6.45, 7) is 6.91. The van der Waals surface area contributed by atoms with E-state index in [0.29, 0.717) is 6.61 Å². The number of aromatic nitrogens is 4. The molecule has 3 aromatic carbocycles. The number of aryl methyl sites for hydroxylation is 3. The molecule has 5 heteroatoms. The lowest BCUT2D eigenvalue weighted by Gasteiger charge is -2.18. The Morgan fingerprint density at radius 3 is 2.63 bits per heavy atom. The molecule has 1 N–H and O–H groups in total. The zero-order valence-electron chi connectivity index (χ0n) is 22.2. The molecule has 0 bridgehead atoms. The van der Waals surface area contributed by atoms with Crippen LogP contribution < -0.4 is 4.74 Å². The van der Waals surface area contributed by atoms with E-state index in [2.05, 4.69) is 95.5 Å². The van der Waals surface area contributed by atoms with Crippen LogP contribution in [0.3, 0.4) is 0 Å². The van der Waals surface area contributed by atoms with Crippen LogP contribution in [0.4, 0.5) is 0 Å². The van der Waals surface area contributed by atoms with Gasteiger partial charge in [0.2, 0.25) is 0 Å². The fraction of sp³-hybridized carbons (Fsp3) is 0.242. The normalized spacial score (nSPS) is 14.8. The summed E-state index contributed by atoms with van der Waals surface area (Å²) in [4.78, 5) is 17.1. The Hall–Kier alpha value is -4.25. The molecule has 0 saturated heterocycles. The van der Waals surface area contributed by atoms with Crippen LogP contribution in [0, 0.1) is 20.8 Å². The van der Waals surface area contributed by atoms with Crippen LogP contribution in [0.15, 0.2) is 78.6 Å². The van der Waals surface area contributed by atoms with Gasteiger partial charge in [-0.25, -0.2) is 15.0 Å². The zero-order chi connectivity index (χ0) is 26.1. The van der Waals surface area contributed by atoms with Crippen LogP contribution in [-0.4, -0.2) is 26.5 Å². The van der Waals surface area contributed by atoms with Gasteiger partial charge in [-0.05, 0) is 84.8 Å². The van der Waals surface area contributed by atoms with Crippen molar-refractivity contribution in [2.24, 2.45) is 0 Å². The highest BCUT2D eigenvalue weighted by Gasteiger charge is 2.15. The van der Waals surface area contributed by atoms with Crippen LogP contribution >= 0.6 is 0 Å². The molecule has 38 heavy (non-hydrogen) atoms. The SMILES string of the molecule is Cc1nc2ccc(-c3ccc4c(c3)C/C=C(/Cc3ncnc(C)c3Cc3ccccc3C)CCO4)cc2[nH]1. The van der Waals surface area contributed by atoms with Gasteiger partial charge in [0.05, 0.1) is 23.3 Å². The quantitative estimate of drug-likeness (QED) is 0.263. The summed E-state index contributed by atoms with van der Waals surface area (Å²) < 4.78 is 6.24. The number of rotatable bonds is 5. The van der Waals surface area contributed by atoms with Crippen LogP contribution in [0.2, 0.25) is 0 Å². The molecule has 0 amide bonds. The van der Waals surface area contributed by atoms with Crippen LogP contribution in [0.25, 0.3) is 22.2 Å². The Balaban J connectivity index is 1.26. The number of benzene rings is 3. The molecule has 0 saturated carbocycles. The van der Waals surface area contributed by atoms with Crippen molar-refractivity contribution in [2.45, 2.75) is 46.5 Å². The third-order valence-electron chi connectivity index (χ3n) is 7.56. The predicted octanol–water partition coefficient (Wildman–Crippen LogP) is 7.03. The molecule has 0 spiro atoms. The minimum Gasteiger partial charge on any atom is -0.493 e. The van der Waals surface area contributed by atoms with Crippen LogP contribution in [0.1, 0.15) is 45.9 Å². The number of nitrogens with one attached hydrogen (secondary N) is 1. The van der Waals surface area contributed by atoms with Crippen molar-refractivity contribution in [3.63, 3.8) is 0 Å². The molecule has 190 valence electrons. The van der Waals surface area contributed by atoms with Crippen molar-refractivity contribution in [2.75, 3.05) is 6.61 Å². The summed E-state index contributed by atoms with van der Waals surface area (Å²) in [6.07, 6.45) is 7.47. The largest absolute Gasteiger partial charge is 0.493 e. The number of nitrogens with zero attached hydrogens (tertiary/aromatic N) is 3. The second-order valence-electron chi connectivity index (χ2n) is 10.2. The van der Waals surface area contributed by atoms with E-state index < -0.39 is 0 Å². The third kappa shape index (κ3) is 4.97. The summed E-state index contributed by atoms with van der Waals surface area (Å²) in [5.74, 6) is 1.91. The minimum absolute atomic E-state index is 0.661. The lowest BCUT2D eigenvalue weighted by molar-refractivity contribution is 0.315. The first-order valence-electron chi connectivity index (χ1n) is 13.3. The smallest absolute Gasteiger partial charge is 0.122 e. The van der Waals surface area contributed by atoms with E-state index in [4.69, 9.17) is 9.72 Å². The van der Waals surface area contributed by atoms with Gasteiger partial charge in [-0.3, -0.25) is 0 Å². The molecular formula is C33H32N4O. The molecule has 0 aliphatic carbocycles. The van der Waals surface area contributed by atoms with E-state index >= 15 is 0 Å². The molecule has 1 aliphatic rings. The maximum atomic E-state index is 6.24. The van der Waals surface area contributed by atoms with Crippen LogP contribution in [0.5, 0.6) is 5.75 Å². The highest BCUT2D eigenvalue weighted by molar-refractivity contribution is 5.82. The summed E-state index contributed by atoms with van der Waals surface area (Å²) in [5.41, 5.74) is 13.0. The van der Waals surface area contributed by atoms with Gasteiger partial charge in [-0.15, -0.1) is 0 Å². The molecule has 2 aromatic heterocycles. The molecule has 5 nitrogen and oxygen atoms in total. The fourth-order valence-electron chi connectivity index (χ4n) is 5.33. The highest BCUT2D eigenvalue weighted by atomic mass is 16.5.